The molecule has 36 heavy (non-hydrogen) atoms. The number of fused-ring (bicyclic) bond motifs is 3. The van der Waals surface area contributed by atoms with Crippen LogP contribution in [0.3, 0.4) is 0 Å². The zero-order valence-corrected chi connectivity index (χ0v) is 20.6. The summed E-state index contributed by atoms with van der Waals surface area (Å²) in [5.74, 6) is 0.571. The molecule has 0 aliphatic carbocycles. The minimum Gasteiger partial charge on any atom is -0.494 e. The molecule has 2 atom stereocenters. The van der Waals surface area contributed by atoms with Crippen LogP contribution < -0.4 is 15.0 Å². The highest BCUT2D eigenvalue weighted by atomic mass is 35.5. The van der Waals surface area contributed by atoms with E-state index >= 15 is 0 Å². The molecule has 2 aliphatic rings. The van der Waals surface area contributed by atoms with Crippen molar-refractivity contribution in [2.75, 3.05) is 50.6 Å². The Hall–Kier alpha value is -3.47. The molecule has 0 saturated carbocycles. The van der Waals surface area contributed by atoms with Gasteiger partial charge in [0.15, 0.2) is 11.5 Å². The highest BCUT2D eigenvalue weighted by Gasteiger charge is 2.33. The molecule has 1 N–H and O–H groups in total. The van der Waals surface area contributed by atoms with E-state index in [4.69, 9.17) is 21.1 Å². The van der Waals surface area contributed by atoms with Crippen LogP contribution >= 0.6 is 11.6 Å². The van der Waals surface area contributed by atoms with Gasteiger partial charge in [0.05, 0.1) is 48.1 Å². The number of likely N-dealkylation sites (N-methyl/N-ethyl adjacent to an activating group) is 1. The first-order chi connectivity index (χ1) is 17.5. The van der Waals surface area contributed by atoms with Crippen molar-refractivity contribution in [3.05, 3.63) is 59.8 Å². The van der Waals surface area contributed by atoms with E-state index in [-0.39, 0.29) is 17.9 Å². The van der Waals surface area contributed by atoms with Gasteiger partial charge < -0.3 is 24.6 Å². The maximum Gasteiger partial charge on any atom is 0.227 e. The Kier molecular flexibility index (Phi) is 5.87. The van der Waals surface area contributed by atoms with Crippen molar-refractivity contribution in [1.82, 2.24) is 24.3 Å². The van der Waals surface area contributed by atoms with Gasteiger partial charge in [-0.05, 0) is 31.3 Å². The summed E-state index contributed by atoms with van der Waals surface area (Å²) in [6.07, 6.45) is 5.16. The molecule has 0 amide bonds. The van der Waals surface area contributed by atoms with Crippen molar-refractivity contribution in [2.24, 2.45) is 0 Å². The summed E-state index contributed by atoms with van der Waals surface area (Å²) in [4.78, 5) is 17.8. The highest BCUT2D eigenvalue weighted by Crippen LogP contribution is 2.34. The van der Waals surface area contributed by atoms with Crippen molar-refractivity contribution in [3.63, 3.8) is 0 Å². The maximum atomic E-state index is 14.1. The Morgan fingerprint density at radius 3 is 2.69 bits per heavy atom. The van der Waals surface area contributed by atoms with E-state index in [0.29, 0.717) is 33.8 Å². The molecule has 1 aromatic carbocycles. The Labute approximate surface area is 212 Å². The second-order valence-electron chi connectivity index (χ2n) is 9.10. The zero-order valence-electron chi connectivity index (χ0n) is 19.9. The SMILES string of the molecule is COc1cc(N2CC3CN(C)CC(C2)O3)ccc1Nc1ncc(Cl)c(-c2cnc3c(F)cccn23)n1. The van der Waals surface area contributed by atoms with Gasteiger partial charge >= 0.3 is 0 Å². The first-order valence-corrected chi connectivity index (χ1v) is 12.0. The zero-order chi connectivity index (χ0) is 24.8. The van der Waals surface area contributed by atoms with E-state index in [1.807, 2.05) is 12.1 Å². The molecule has 0 radical (unpaired) electrons. The largest absolute Gasteiger partial charge is 0.494 e. The van der Waals surface area contributed by atoms with Crippen LogP contribution in [0.25, 0.3) is 17.0 Å². The number of morpholine rings is 2. The van der Waals surface area contributed by atoms with E-state index in [1.54, 1.807) is 30.0 Å². The first kappa shape index (κ1) is 23.0. The molecule has 186 valence electrons. The third-order valence-electron chi connectivity index (χ3n) is 6.54. The van der Waals surface area contributed by atoms with Gasteiger partial charge in [0, 0.05) is 44.1 Å². The number of pyridine rings is 1. The standard InChI is InChI=1S/C25H25ClFN7O2/c1-32-11-16-13-33(14-17(12-32)36-16)15-5-6-20(22(8-15)35-2)30-25-29-9-18(26)23(31-25)21-10-28-24-19(27)4-3-7-34(21)24/h3-10,16-17H,11-14H2,1-2H3,(H,29,30,31). The van der Waals surface area contributed by atoms with Gasteiger partial charge in [-0.15, -0.1) is 0 Å². The van der Waals surface area contributed by atoms with E-state index in [0.717, 1.165) is 31.9 Å². The Morgan fingerprint density at radius 1 is 1.11 bits per heavy atom. The number of rotatable bonds is 5. The molecule has 6 rings (SSSR count). The van der Waals surface area contributed by atoms with Gasteiger partial charge in [0.2, 0.25) is 5.95 Å². The van der Waals surface area contributed by atoms with Crippen LogP contribution in [0.4, 0.5) is 21.7 Å². The molecule has 2 aliphatic heterocycles. The molecule has 0 spiro atoms. The van der Waals surface area contributed by atoms with E-state index in [2.05, 4.69) is 43.2 Å². The quantitative estimate of drug-likeness (QED) is 0.434. The van der Waals surface area contributed by atoms with Gasteiger partial charge in [-0.1, -0.05) is 11.6 Å². The van der Waals surface area contributed by atoms with Gasteiger partial charge in [-0.3, -0.25) is 4.40 Å². The number of anilines is 3. The fourth-order valence-electron chi connectivity index (χ4n) is 4.97. The summed E-state index contributed by atoms with van der Waals surface area (Å²) in [7, 11) is 3.77. The van der Waals surface area contributed by atoms with Crippen molar-refractivity contribution >= 4 is 34.6 Å². The van der Waals surface area contributed by atoms with Crippen LogP contribution in [0.5, 0.6) is 5.75 Å². The predicted octanol–water partition coefficient (Wildman–Crippen LogP) is 3.86. The summed E-state index contributed by atoms with van der Waals surface area (Å²) in [5, 5.41) is 3.56. The van der Waals surface area contributed by atoms with Crippen LogP contribution in [-0.2, 0) is 4.74 Å². The van der Waals surface area contributed by atoms with Crippen molar-refractivity contribution < 1.29 is 13.9 Å². The molecule has 2 fully saturated rings. The Morgan fingerprint density at radius 2 is 1.92 bits per heavy atom. The predicted molar refractivity (Wildman–Crippen MR) is 136 cm³/mol. The molecule has 3 aromatic heterocycles. The minimum absolute atomic E-state index is 0.195. The number of nitrogens with zero attached hydrogens (tertiary/aromatic N) is 6. The second-order valence-corrected chi connectivity index (χ2v) is 9.51. The smallest absolute Gasteiger partial charge is 0.227 e. The lowest BCUT2D eigenvalue weighted by atomic mass is 10.1. The Balaban J connectivity index is 1.27. The minimum atomic E-state index is -0.423. The number of methoxy groups -OCH3 is 1. The normalized spacial score (nSPS) is 20.1. The van der Waals surface area contributed by atoms with Crippen LogP contribution in [0.2, 0.25) is 5.02 Å². The summed E-state index contributed by atoms with van der Waals surface area (Å²) < 4.78 is 27.5. The van der Waals surface area contributed by atoms with Crippen LogP contribution in [0.15, 0.2) is 48.9 Å². The molecule has 2 bridgehead atoms. The highest BCUT2D eigenvalue weighted by molar-refractivity contribution is 6.32. The number of hydrogen-bond acceptors (Lipinski definition) is 8. The summed E-state index contributed by atoms with van der Waals surface area (Å²) >= 11 is 6.41. The van der Waals surface area contributed by atoms with Crippen LogP contribution in [-0.4, -0.2) is 76.8 Å². The summed E-state index contributed by atoms with van der Waals surface area (Å²) in [5.41, 5.74) is 2.99. The van der Waals surface area contributed by atoms with E-state index in [1.165, 1.54) is 12.3 Å². The topological polar surface area (TPSA) is 80.0 Å². The number of hydrogen-bond donors (Lipinski definition) is 1. The second kappa shape index (κ2) is 9.20. The van der Waals surface area contributed by atoms with Gasteiger partial charge in [0.1, 0.15) is 11.4 Å². The average Bonchev–Trinajstić information content (AvgIpc) is 3.30. The molecule has 4 aromatic rings. The van der Waals surface area contributed by atoms with Crippen LogP contribution in [0.1, 0.15) is 0 Å². The lowest BCUT2D eigenvalue weighted by Crippen LogP contribution is -2.58. The number of nitrogens with one attached hydrogen (secondary N) is 1. The average molecular weight is 510 g/mol. The number of benzene rings is 1. The summed E-state index contributed by atoms with van der Waals surface area (Å²) in [6.45, 7) is 3.53. The monoisotopic (exact) mass is 509 g/mol. The van der Waals surface area contributed by atoms with E-state index in [9.17, 15) is 4.39 Å². The molecule has 11 heteroatoms. The number of imidazole rings is 1. The molecule has 9 nitrogen and oxygen atoms in total. The van der Waals surface area contributed by atoms with Gasteiger partial charge in [-0.2, -0.15) is 0 Å². The third-order valence-corrected chi connectivity index (χ3v) is 6.81. The maximum absolute atomic E-state index is 14.1. The van der Waals surface area contributed by atoms with Crippen molar-refractivity contribution in [1.29, 1.82) is 0 Å². The molecular weight excluding hydrogens is 485 g/mol. The number of halogens is 2. The van der Waals surface area contributed by atoms with Crippen molar-refractivity contribution in [2.45, 2.75) is 12.2 Å². The van der Waals surface area contributed by atoms with Crippen molar-refractivity contribution in [3.8, 4) is 17.1 Å². The molecular formula is C25H25ClFN7O2. The van der Waals surface area contributed by atoms with Gasteiger partial charge in [-0.25, -0.2) is 19.3 Å². The van der Waals surface area contributed by atoms with Crippen LogP contribution in [0, 0.1) is 5.82 Å². The Bertz CT molecular complexity index is 1410. The molecule has 2 unspecified atom stereocenters. The fraction of sp³-hybridized carbons (Fsp3) is 0.320. The van der Waals surface area contributed by atoms with E-state index < -0.39 is 5.82 Å². The summed E-state index contributed by atoms with van der Waals surface area (Å²) in [6, 6.07) is 8.98. The number of aromatic nitrogens is 4. The third kappa shape index (κ3) is 4.21. The molecule has 5 heterocycles. The first-order valence-electron chi connectivity index (χ1n) is 11.7. The molecule has 2 saturated heterocycles. The fourth-order valence-corrected chi connectivity index (χ4v) is 5.15. The lowest BCUT2D eigenvalue weighted by Gasteiger charge is -2.45. The number of ether oxygens (including phenoxy) is 2. The van der Waals surface area contributed by atoms with Gasteiger partial charge in [0.25, 0.3) is 0 Å². The lowest BCUT2D eigenvalue weighted by molar-refractivity contribution is -0.0875.